The minimum absolute atomic E-state index is 0.124. The smallest absolute Gasteiger partial charge is 0.170 e. The zero-order valence-corrected chi connectivity index (χ0v) is 11.5. The fourth-order valence-corrected chi connectivity index (χ4v) is 2.31. The number of likely N-dealkylation sites (N-methyl/N-ethyl adjacent to an activating group) is 1. The highest BCUT2D eigenvalue weighted by molar-refractivity contribution is 5.97. The molecule has 0 amide bonds. The van der Waals surface area contributed by atoms with Gasteiger partial charge in [-0.2, -0.15) is 0 Å². The third-order valence-electron chi connectivity index (χ3n) is 3.49. The van der Waals surface area contributed by atoms with Crippen LogP contribution in [0.25, 0.3) is 0 Å². The van der Waals surface area contributed by atoms with E-state index in [0.717, 1.165) is 44.2 Å². The molecule has 0 saturated carbocycles. The minimum Gasteiger partial charge on any atom is -0.409 e. The number of rotatable bonds is 3. The standard InChI is InChI=1S/C13H21N5O/c1-3-17-4-6-18(7-5-17)12-9-11(13(14)16-19)8-10(2)15-12/h8-9,19H,3-7H2,1-2H3,(H2,14,16). The molecule has 6 nitrogen and oxygen atoms in total. The van der Waals surface area contributed by atoms with Gasteiger partial charge in [-0.1, -0.05) is 12.1 Å². The second-order valence-corrected chi connectivity index (χ2v) is 4.76. The summed E-state index contributed by atoms with van der Waals surface area (Å²) in [5, 5.41) is 11.8. The minimum atomic E-state index is 0.124. The predicted octanol–water partition coefficient (Wildman–Crippen LogP) is 0.626. The summed E-state index contributed by atoms with van der Waals surface area (Å²) in [6.45, 7) is 9.19. The van der Waals surface area contributed by atoms with Crippen LogP contribution >= 0.6 is 0 Å². The van der Waals surface area contributed by atoms with E-state index in [2.05, 4.69) is 26.9 Å². The van der Waals surface area contributed by atoms with Gasteiger partial charge in [0.1, 0.15) is 5.82 Å². The van der Waals surface area contributed by atoms with Crippen molar-refractivity contribution in [3.63, 3.8) is 0 Å². The summed E-state index contributed by atoms with van der Waals surface area (Å²) in [6.07, 6.45) is 0. The molecule has 0 atom stereocenters. The molecule has 0 bridgehead atoms. The van der Waals surface area contributed by atoms with Crippen LogP contribution in [0.1, 0.15) is 18.2 Å². The molecule has 1 aliphatic heterocycles. The van der Waals surface area contributed by atoms with E-state index in [1.807, 2.05) is 19.1 Å². The number of nitrogens with two attached hydrogens (primary N) is 1. The van der Waals surface area contributed by atoms with Crippen molar-refractivity contribution in [2.45, 2.75) is 13.8 Å². The highest BCUT2D eigenvalue weighted by Gasteiger charge is 2.17. The summed E-state index contributed by atoms with van der Waals surface area (Å²) in [5.74, 6) is 1.02. The average Bonchev–Trinajstić information content (AvgIpc) is 2.45. The Bertz CT molecular complexity index is 466. The van der Waals surface area contributed by atoms with E-state index in [1.165, 1.54) is 0 Å². The van der Waals surface area contributed by atoms with Gasteiger partial charge in [-0.3, -0.25) is 0 Å². The largest absolute Gasteiger partial charge is 0.409 e. The van der Waals surface area contributed by atoms with Crippen LogP contribution in [0.4, 0.5) is 5.82 Å². The Kier molecular flexibility index (Phi) is 4.21. The third-order valence-corrected chi connectivity index (χ3v) is 3.49. The molecule has 0 unspecified atom stereocenters. The van der Waals surface area contributed by atoms with Crippen molar-refractivity contribution in [3.8, 4) is 0 Å². The summed E-state index contributed by atoms with van der Waals surface area (Å²) < 4.78 is 0. The zero-order valence-electron chi connectivity index (χ0n) is 11.5. The zero-order chi connectivity index (χ0) is 13.8. The Hall–Kier alpha value is -1.82. The fourth-order valence-electron chi connectivity index (χ4n) is 2.31. The van der Waals surface area contributed by atoms with Crippen molar-refractivity contribution < 1.29 is 5.21 Å². The van der Waals surface area contributed by atoms with E-state index in [1.54, 1.807) is 0 Å². The summed E-state index contributed by atoms with van der Waals surface area (Å²) in [5.41, 5.74) is 7.23. The van der Waals surface area contributed by atoms with Gasteiger partial charge in [-0.15, -0.1) is 0 Å². The number of aromatic nitrogens is 1. The number of amidine groups is 1. The van der Waals surface area contributed by atoms with Crippen LogP contribution in [0, 0.1) is 6.92 Å². The molecule has 0 spiro atoms. The molecule has 2 rings (SSSR count). The van der Waals surface area contributed by atoms with E-state index in [4.69, 9.17) is 10.9 Å². The lowest BCUT2D eigenvalue weighted by Crippen LogP contribution is -2.46. The van der Waals surface area contributed by atoms with Gasteiger partial charge >= 0.3 is 0 Å². The highest BCUT2D eigenvalue weighted by Crippen LogP contribution is 2.17. The monoisotopic (exact) mass is 263 g/mol. The normalized spacial score (nSPS) is 17.8. The number of hydrogen-bond acceptors (Lipinski definition) is 5. The van der Waals surface area contributed by atoms with Gasteiger partial charge < -0.3 is 20.7 Å². The fraction of sp³-hybridized carbons (Fsp3) is 0.538. The number of pyridine rings is 1. The number of aryl methyl sites for hydroxylation is 1. The van der Waals surface area contributed by atoms with Crippen LogP contribution < -0.4 is 10.6 Å². The molecule has 19 heavy (non-hydrogen) atoms. The van der Waals surface area contributed by atoms with Crippen LogP contribution in [0.2, 0.25) is 0 Å². The van der Waals surface area contributed by atoms with Gasteiger partial charge in [0.2, 0.25) is 0 Å². The second-order valence-electron chi connectivity index (χ2n) is 4.76. The molecule has 0 aromatic carbocycles. The van der Waals surface area contributed by atoms with Gasteiger partial charge in [-0.25, -0.2) is 4.98 Å². The van der Waals surface area contributed by atoms with Crippen LogP contribution in [0.3, 0.4) is 0 Å². The number of anilines is 1. The van der Waals surface area contributed by atoms with E-state index in [0.29, 0.717) is 5.56 Å². The first-order valence-corrected chi connectivity index (χ1v) is 6.58. The molecule has 2 heterocycles. The SMILES string of the molecule is CCN1CCN(c2cc(/C(N)=N/O)cc(C)n2)CC1. The summed E-state index contributed by atoms with van der Waals surface area (Å²) in [4.78, 5) is 9.20. The second kappa shape index (κ2) is 5.88. The Morgan fingerprint density at radius 2 is 2.05 bits per heavy atom. The van der Waals surface area contributed by atoms with Crippen molar-refractivity contribution in [2.24, 2.45) is 10.9 Å². The summed E-state index contributed by atoms with van der Waals surface area (Å²) in [6, 6.07) is 3.70. The Morgan fingerprint density at radius 1 is 1.37 bits per heavy atom. The molecule has 104 valence electrons. The Morgan fingerprint density at radius 3 is 2.63 bits per heavy atom. The summed E-state index contributed by atoms with van der Waals surface area (Å²) >= 11 is 0. The van der Waals surface area contributed by atoms with Gasteiger partial charge in [0.15, 0.2) is 5.84 Å². The molecule has 1 saturated heterocycles. The lowest BCUT2D eigenvalue weighted by Gasteiger charge is -2.35. The van der Waals surface area contributed by atoms with Gasteiger partial charge in [0.05, 0.1) is 0 Å². The number of piperazine rings is 1. The number of hydrogen-bond donors (Lipinski definition) is 2. The first kappa shape index (κ1) is 13.6. The topological polar surface area (TPSA) is 78.0 Å². The maximum atomic E-state index is 8.77. The van der Waals surface area contributed by atoms with E-state index >= 15 is 0 Å². The number of nitrogens with zero attached hydrogens (tertiary/aromatic N) is 4. The summed E-state index contributed by atoms with van der Waals surface area (Å²) in [7, 11) is 0. The molecule has 1 fully saturated rings. The molecular weight excluding hydrogens is 242 g/mol. The van der Waals surface area contributed by atoms with Crippen LogP contribution in [0.5, 0.6) is 0 Å². The quantitative estimate of drug-likeness (QED) is 0.362. The van der Waals surface area contributed by atoms with Crippen LogP contribution in [0.15, 0.2) is 17.3 Å². The van der Waals surface area contributed by atoms with Crippen molar-refractivity contribution in [1.29, 1.82) is 0 Å². The molecule has 0 radical (unpaired) electrons. The molecule has 6 heteroatoms. The number of oxime groups is 1. The van der Waals surface area contributed by atoms with Gasteiger partial charge in [-0.05, 0) is 25.6 Å². The third kappa shape index (κ3) is 3.14. The van der Waals surface area contributed by atoms with E-state index in [-0.39, 0.29) is 5.84 Å². The molecule has 3 N–H and O–H groups in total. The predicted molar refractivity (Wildman–Crippen MR) is 75.8 cm³/mol. The molecule has 1 aromatic heterocycles. The molecule has 1 aromatic rings. The lowest BCUT2D eigenvalue weighted by atomic mass is 10.2. The van der Waals surface area contributed by atoms with E-state index < -0.39 is 0 Å². The van der Waals surface area contributed by atoms with Crippen molar-refractivity contribution in [2.75, 3.05) is 37.6 Å². The molecule has 0 aliphatic carbocycles. The van der Waals surface area contributed by atoms with Crippen molar-refractivity contribution in [3.05, 3.63) is 23.4 Å². The first-order chi connectivity index (χ1) is 9.13. The van der Waals surface area contributed by atoms with Crippen molar-refractivity contribution in [1.82, 2.24) is 9.88 Å². The Balaban J connectivity index is 2.19. The van der Waals surface area contributed by atoms with Crippen LogP contribution in [-0.2, 0) is 0 Å². The Labute approximate surface area is 113 Å². The van der Waals surface area contributed by atoms with Crippen LogP contribution in [-0.4, -0.2) is 53.7 Å². The maximum Gasteiger partial charge on any atom is 0.170 e. The maximum absolute atomic E-state index is 8.77. The molecular formula is C13H21N5O. The average molecular weight is 263 g/mol. The van der Waals surface area contributed by atoms with Gasteiger partial charge in [0.25, 0.3) is 0 Å². The lowest BCUT2D eigenvalue weighted by molar-refractivity contribution is 0.270. The highest BCUT2D eigenvalue weighted by atomic mass is 16.4. The van der Waals surface area contributed by atoms with Gasteiger partial charge in [0, 0.05) is 37.4 Å². The molecule has 1 aliphatic rings. The van der Waals surface area contributed by atoms with Crippen molar-refractivity contribution >= 4 is 11.7 Å². The first-order valence-electron chi connectivity index (χ1n) is 6.58. The van der Waals surface area contributed by atoms with E-state index in [9.17, 15) is 0 Å².